The van der Waals surface area contributed by atoms with Crippen LogP contribution >= 0.6 is 0 Å². The largest absolute Gasteiger partial charge is 0.316 e. The molecule has 19 heavy (non-hydrogen) atoms. The van der Waals surface area contributed by atoms with Crippen molar-refractivity contribution in [2.24, 2.45) is 5.41 Å². The third-order valence-electron chi connectivity index (χ3n) is 4.15. The highest BCUT2D eigenvalue weighted by molar-refractivity contribution is 5.09. The van der Waals surface area contributed by atoms with Crippen molar-refractivity contribution in [2.75, 3.05) is 26.7 Å². The Balaban J connectivity index is 1.93. The molecule has 1 aromatic rings. The van der Waals surface area contributed by atoms with E-state index in [1.54, 1.807) is 0 Å². The summed E-state index contributed by atoms with van der Waals surface area (Å²) in [4.78, 5) is 6.55. The molecule has 1 aromatic heterocycles. The van der Waals surface area contributed by atoms with Gasteiger partial charge in [-0.05, 0) is 56.0 Å². The third-order valence-corrected chi connectivity index (χ3v) is 4.15. The van der Waals surface area contributed by atoms with Gasteiger partial charge in [0.1, 0.15) is 0 Å². The summed E-state index contributed by atoms with van der Waals surface area (Å²) >= 11 is 0. The van der Waals surface area contributed by atoms with Crippen LogP contribution in [0.1, 0.15) is 38.2 Å². The molecule has 0 saturated carbocycles. The van der Waals surface area contributed by atoms with Crippen LogP contribution < -0.4 is 5.32 Å². The van der Waals surface area contributed by atoms with E-state index in [9.17, 15) is 0 Å². The van der Waals surface area contributed by atoms with Crippen LogP contribution in [0.5, 0.6) is 0 Å². The van der Waals surface area contributed by atoms with E-state index in [0.717, 1.165) is 6.54 Å². The molecule has 1 saturated heterocycles. The van der Waals surface area contributed by atoms with Crippen LogP contribution in [0.3, 0.4) is 0 Å². The van der Waals surface area contributed by atoms with E-state index in [1.807, 2.05) is 12.4 Å². The van der Waals surface area contributed by atoms with E-state index in [1.165, 1.54) is 50.9 Å². The van der Waals surface area contributed by atoms with Crippen molar-refractivity contribution < 1.29 is 0 Å². The normalized spacial score (nSPS) is 23.7. The van der Waals surface area contributed by atoms with Gasteiger partial charge in [0.25, 0.3) is 0 Å². The van der Waals surface area contributed by atoms with Gasteiger partial charge in [-0.2, -0.15) is 0 Å². The number of hydrogen-bond acceptors (Lipinski definition) is 3. The molecular weight excluding hydrogens is 234 g/mol. The second-order valence-electron chi connectivity index (χ2n) is 6.06. The molecule has 0 aromatic carbocycles. The zero-order valence-corrected chi connectivity index (χ0v) is 12.4. The molecule has 2 heterocycles. The van der Waals surface area contributed by atoms with Crippen molar-refractivity contribution in [1.29, 1.82) is 0 Å². The second kappa shape index (κ2) is 7.01. The SMILES string of the molecule is CCCC1(CN(C)Cc2ccncc2)CCCNC1. The smallest absolute Gasteiger partial charge is 0.0271 e. The van der Waals surface area contributed by atoms with Gasteiger partial charge < -0.3 is 10.2 Å². The molecule has 1 atom stereocenters. The first kappa shape index (κ1) is 14.5. The molecule has 0 bridgehead atoms. The molecular formula is C16H27N3. The molecule has 3 nitrogen and oxygen atoms in total. The van der Waals surface area contributed by atoms with Crippen molar-refractivity contribution in [3.05, 3.63) is 30.1 Å². The molecule has 3 heteroatoms. The average Bonchev–Trinajstić information content (AvgIpc) is 2.40. The summed E-state index contributed by atoms with van der Waals surface area (Å²) in [5, 5.41) is 3.59. The number of hydrogen-bond donors (Lipinski definition) is 1. The van der Waals surface area contributed by atoms with Crippen LogP contribution in [0.15, 0.2) is 24.5 Å². The molecule has 1 fully saturated rings. The molecule has 1 N–H and O–H groups in total. The maximum absolute atomic E-state index is 4.08. The van der Waals surface area contributed by atoms with Gasteiger partial charge in [-0.3, -0.25) is 4.98 Å². The van der Waals surface area contributed by atoms with E-state index in [4.69, 9.17) is 0 Å². The molecule has 2 rings (SSSR count). The van der Waals surface area contributed by atoms with Gasteiger partial charge in [-0.1, -0.05) is 13.3 Å². The molecule has 0 aliphatic carbocycles. The molecule has 0 spiro atoms. The minimum absolute atomic E-state index is 0.481. The Bertz CT molecular complexity index is 352. The molecule has 106 valence electrons. The van der Waals surface area contributed by atoms with E-state index in [0.29, 0.717) is 5.41 Å². The molecule has 0 radical (unpaired) electrons. The Morgan fingerprint density at radius 2 is 2.16 bits per heavy atom. The molecule has 0 amide bonds. The minimum atomic E-state index is 0.481. The molecule has 1 aliphatic rings. The monoisotopic (exact) mass is 261 g/mol. The van der Waals surface area contributed by atoms with Crippen molar-refractivity contribution in [2.45, 2.75) is 39.2 Å². The van der Waals surface area contributed by atoms with Crippen LogP contribution in [0.2, 0.25) is 0 Å². The van der Waals surface area contributed by atoms with Gasteiger partial charge >= 0.3 is 0 Å². The van der Waals surface area contributed by atoms with E-state index < -0.39 is 0 Å². The quantitative estimate of drug-likeness (QED) is 0.853. The lowest BCUT2D eigenvalue weighted by Crippen LogP contribution is -2.46. The van der Waals surface area contributed by atoms with E-state index in [2.05, 4.69) is 41.3 Å². The van der Waals surface area contributed by atoms with Crippen LogP contribution in [-0.4, -0.2) is 36.6 Å². The topological polar surface area (TPSA) is 28.2 Å². The number of piperidine rings is 1. The fourth-order valence-electron chi connectivity index (χ4n) is 3.42. The highest BCUT2D eigenvalue weighted by atomic mass is 15.1. The lowest BCUT2D eigenvalue weighted by Gasteiger charge is -2.40. The highest BCUT2D eigenvalue weighted by Gasteiger charge is 2.32. The average molecular weight is 261 g/mol. The second-order valence-corrected chi connectivity index (χ2v) is 6.06. The fraction of sp³-hybridized carbons (Fsp3) is 0.688. The van der Waals surface area contributed by atoms with Gasteiger partial charge in [0.2, 0.25) is 0 Å². The number of nitrogens with zero attached hydrogens (tertiary/aromatic N) is 2. The predicted octanol–water partition coefficient (Wildman–Crippen LogP) is 2.68. The van der Waals surface area contributed by atoms with Gasteiger partial charge in [0.15, 0.2) is 0 Å². The van der Waals surface area contributed by atoms with Gasteiger partial charge in [-0.15, -0.1) is 0 Å². The minimum Gasteiger partial charge on any atom is -0.316 e. The Labute approximate surface area is 117 Å². The maximum atomic E-state index is 4.08. The first-order chi connectivity index (χ1) is 9.24. The standard InChI is InChI=1S/C16H27N3/c1-3-7-16(8-4-9-18-13-16)14-19(2)12-15-5-10-17-11-6-15/h5-6,10-11,18H,3-4,7-9,12-14H2,1-2H3. The summed E-state index contributed by atoms with van der Waals surface area (Å²) < 4.78 is 0. The van der Waals surface area contributed by atoms with E-state index >= 15 is 0 Å². The maximum Gasteiger partial charge on any atom is 0.0271 e. The molecule has 1 unspecified atom stereocenters. The summed E-state index contributed by atoms with van der Waals surface area (Å²) in [6, 6.07) is 4.23. The summed E-state index contributed by atoms with van der Waals surface area (Å²) in [5.41, 5.74) is 1.84. The zero-order valence-electron chi connectivity index (χ0n) is 12.4. The first-order valence-electron chi connectivity index (χ1n) is 7.52. The summed E-state index contributed by atoms with van der Waals surface area (Å²) in [6.45, 7) is 6.89. The molecule has 1 aliphatic heterocycles. The first-order valence-corrected chi connectivity index (χ1v) is 7.52. The van der Waals surface area contributed by atoms with Crippen molar-refractivity contribution in [1.82, 2.24) is 15.2 Å². The Kier molecular flexibility index (Phi) is 5.34. The van der Waals surface area contributed by atoms with Crippen LogP contribution in [0, 0.1) is 5.41 Å². The van der Waals surface area contributed by atoms with Gasteiger partial charge in [0, 0.05) is 32.0 Å². The lowest BCUT2D eigenvalue weighted by molar-refractivity contribution is 0.118. The number of rotatable bonds is 6. The number of pyridine rings is 1. The van der Waals surface area contributed by atoms with Crippen molar-refractivity contribution in [3.63, 3.8) is 0 Å². The van der Waals surface area contributed by atoms with Crippen LogP contribution in [0.25, 0.3) is 0 Å². The highest BCUT2D eigenvalue weighted by Crippen LogP contribution is 2.32. The fourth-order valence-corrected chi connectivity index (χ4v) is 3.42. The Morgan fingerprint density at radius 3 is 2.79 bits per heavy atom. The number of aromatic nitrogens is 1. The Hall–Kier alpha value is -0.930. The zero-order chi connectivity index (χ0) is 13.6. The lowest BCUT2D eigenvalue weighted by atomic mass is 9.76. The van der Waals surface area contributed by atoms with E-state index in [-0.39, 0.29) is 0 Å². The number of nitrogens with one attached hydrogen (secondary N) is 1. The van der Waals surface area contributed by atoms with Gasteiger partial charge in [0.05, 0.1) is 0 Å². The summed E-state index contributed by atoms with van der Waals surface area (Å²) in [5.74, 6) is 0. The third kappa shape index (κ3) is 4.29. The summed E-state index contributed by atoms with van der Waals surface area (Å²) in [6.07, 6.45) is 9.07. The van der Waals surface area contributed by atoms with Gasteiger partial charge in [-0.25, -0.2) is 0 Å². The van der Waals surface area contributed by atoms with Crippen molar-refractivity contribution >= 4 is 0 Å². The van der Waals surface area contributed by atoms with Crippen LogP contribution in [-0.2, 0) is 6.54 Å². The summed E-state index contributed by atoms with van der Waals surface area (Å²) in [7, 11) is 2.24. The van der Waals surface area contributed by atoms with Crippen molar-refractivity contribution in [3.8, 4) is 0 Å². The predicted molar refractivity (Wildman–Crippen MR) is 80.0 cm³/mol. The van der Waals surface area contributed by atoms with Crippen LogP contribution in [0.4, 0.5) is 0 Å². The Morgan fingerprint density at radius 1 is 1.37 bits per heavy atom.